The topological polar surface area (TPSA) is 87.9 Å². The van der Waals surface area contributed by atoms with E-state index in [0.717, 1.165) is 17.1 Å². The van der Waals surface area contributed by atoms with Gasteiger partial charge in [0, 0.05) is 19.2 Å². The van der Waals surface area contributed by atoms with Crippen molar-refractivity contribution in [1.82, 2.24) is 20.1 Å². The van der Waals surface area contributed by atoms with Crippen LogP contribution >= 0.6 is 0 Å². The molecule has 0 saturated carbocycles. The lowest BCUT2D eigenvalue weighted by Gasteiger charge is -2.15. The zero-order valence-electron chi connectivity index (χ0n) is 11.8. The third kappa shape index (κ3) is 3.81. The number of hydrogen-bond acceptors (Lipinski definition) is 4. The maximum atomic E-state index is 12.0. The predicted molar refractivity (Wildman–Crippen MR) is 76.8 cm³/mol. The first-order chi connectivity index (χ1) is 9.54. The van der Waals surface area contributed by atoms with Crippen molar-refractivity contribution in [3.05, 3.63) is 41.5 Å². The van der Waals surface area contributed by atoms with E-state index < -0.39 is 0 Å². The highest BCUT2D eigenvalue weighted by molar-refractivity contribution is 5.76. The minimum absolute atomic E-state index is 0.0647. The number of rotatable bonds is 5. The monoisotopic (exact) mass is 273 g/mol. The molecule has 1 heterocycles. The second-order valence-electron chi connectivity index (χ2n) is 4.83. The largest absolute Gasteiger partial charge is 0.399 e. The molecule has 1 amide bonds. The van der Waals surface area contributed by atoms with Gasteiger partial charge in [-0.3, -0.25) is 9.89 Å². The van der Waals surface area contributed by atoms with Crippen molar-refractivity contribution in [2.75, 3.05) is 12.8 Å². The highest BCUT2D eigenvalue weighted by atomic mass is 16.2. The number of nitrogens with one attached hydrogen (secondary N) is 1. The molecule has 0 aliphatic rings. The zero-order valence-corrected chi connectivity index (χ0v) is 11.8. The van der Waals surface area contributed by atoms with E-state index in [0.29, 0.717) is 25.2 Å². The summed E-state index contributed by atoms with van der Waals surface area (Å²) in [6.07, 6.45) is 1.13. The molecule has 6 nitrogen and oxygen atoms in total. The van der Waals surface area contributed by atoms with E-state index in [2.05, 4.69) is 15.2 Å². The van der Waals surface area contributed by atoms with E-state index in [1.807, 2.05) is 31.2 Å². The number of benzene rings is 1. The number of hydrogen-bond donors (Lipinski definition) is 2. The van der Waals surface area contributed by atoms with Crippen LogP contribution in [0.4, 0.5) is 5.69 Å². The fourth-order valence-electron chi connectivity index (χ4n) is 1.95. The number of aromatic amines is 1. The molecular formula is C14H19N5O. The summed E-state index contributed by atoms with van der Waals surface area (Å²) >= 11 is 0. The maximum absolute atomic E-state index is 12.0. The van der Waals surface area contributed by atoms with Crippen LogP contribution in [0.3, 0.4) is 0 Å². The molecule has 0 radical (unpaired) electrons. The smallest absolute Gasteiger partial charge is 0.223 e. The third-order valence-electron chi connectivity index (χ3n) is 3.03. The van der Waals surface area contributed by atoms with Gasteiger partial charge >= 0.3 is 0 Å². The summed E-state index contributed by atoms with van der Waals surface area (Å²) in [6, 6.07) is 7.60. The maximum Gasteiger partial charge on any atom is 0.223 e. The number of nitrogen functional groups attached to an aromatic ring is 1. The van der Waals surface area contributed by atoms with Gasteiger partial charge in [0.2, 0.25) is 5.91 Å². The highest BCUT2D eigenvalue weighted by Gasteiger charge is 2.11. The first-order valence-electron chi connectivity index (χ1n) is 6.51. The summed E-state index contributed by atoms with van der Waals surface area (Å²) in [5, 5.41) is 6.79. The Balaban J connectivity index is 1.85. The molecule has 0 fully saturated rings. The van der Waals surface area contributed by atoms with Gasteiger partial charge in [-0.25, -0.2) is 4.98 Å². The van der Waals surface area contributed by atoms with E-state index in [-0.39, 0.29) is 5.91 Å². The Morgan fingerprint density at radius 1 is 1.45 bits per heavy atom. The van der Waals surface area contributed by atoms with Crippen molar-refractivity contribution in [2.45, 2.75) is 26.3 Å². The van der Waals surface area contributed by atoms with Gasteiger partial charge in [0.15, 0.2) is 5.82 Å². The fraction of sp³-hybridized carbons (Fsp3) is 0.357. The van der Waals surface area contributed by atoms with Crippen LogP contribution in [0.1, 0.15) is 23.6 Å². The average molecular weight is 273 g/mol. The van der Waals surface area contributed by atoms with Crippen molar-refractivity contribution in [2.24, 2.45) is 0 Å². The number of carbonyl (C=O) groups excluding carboxylic acids is 1. The molecule has 3 N–H and O–H groups in total. The SMILES string of the molecule is Cc1nc(CN(C)C(=O)CCc2cccc(N)c2)n[nH]1. The van der Waals surface area contributed by atoms with Crippen LogP contribution in [0.25, 0.3) is 0 Å². The third-order valence-corrected chi connectivity index (χ3v) is 3.03. The standard InChI is InChI=1S/C14H19N5O/c1-10-16-13(18-17-10)9-19(2)14(20)7-6-11-4-3-5-12(15)8-11/h3-5,8H,6-7,9,15H2,1-2H3,(H,16,17,18). The van der Waals surface area contributed by atoms with Crippen molar-refractivity contribution in [3.8, 4) is 0 Å². The fourth-order valence-corrected chi connectivity index (χ4v) is 1.95. The van der Waals surface area contributed by atoms with E-state index >= 15 is 0 Å². The molecular weight excluding hydrogens is 254 g/mol. The van der Waals surface area contributed by atoms with Gasteiger partial charge in [-0.05, 0) is 31.0 Å². The molecule has 1 aromatic carbocycles. The van der Waals surface area contributed by atoms with Crippen LogP contribution in [0.2, 0.25) is 0 Å². The molecule has 0 unspecified atom stereocenters. The van der Waals surface area contributed by atoms with Gasteiger partial charge in [-0.15, -0.1) is 0 Å². The summed E-state index contributed by atoms with van der Waals surface area (Å²) in [6.45, 7) is 2.25. The summed E-state index contributed by atoms with van der Waals surface area (Å²) in [7, 11) is 1.76. The highest BCUT2D eigenvalue weighted by Crippen LogP contribution is 2.10. The van der Waals surface area contributed by atoms with E-state index in [9.17, 15) is 4.79 Å². The lowest BCUT2D eigenvalue weighted by Crippen LogP contribution is -2.26. The van der Waals surface area contributed by atoms with Gasteiger partial charge in [0.1, 0.15) is 5.82 Å². The van der Waals surface area contributed by atoms with Crippen molar-refractivity contribution in [1.29, 1.82) is 0 Å². The van der Waals surface area contributed by atoms with Gasteiger partial charge in [0.25, 0.3) is 0 Å². The minimum atomic E-state index is 0.0647. The number of anilines is 1. The van der Waals surface area contributed by atoms with Gasteiger partial charge in [-0.2, -0.15) is 5.10 Å². The van der Waals surface area contributed by atoms with Crippen LogP contribution in [-0.2, 0) is 17.8 Å². The molecule has 0 aliphatic heterocycles. The molecule has 106 valence electrons. The number of amides is 1. The molecule has 20 heavy (non-hydrogen) atoms. The number of aromatic nitrogens is 3. The minimum Gasteiger partial charge on any atom is -0.399 e. The molecule has 0 spiro atoms. The van der Waals surface area contributed by atoms with Crippen LogP contribution in [0, 0.1) is 6.92 Å². The summed E-state index contributed by atoms with van der Waals surface area (Å²) in [4.78, 5) is 17.9. The average Bonchev–Trinajstić information content (AvgIpc) is 2.81. The molecule has 0 saturated heterocycles. The Labute approximate surface area is 118 Å². The molecule has 2 aromatic rings. The molecule has 1 aromatic heterocycles. The zero-order chi connectivity index (χ0) is 14.5. The van der Waals surface area contributed by atoms with Crippen LogP contribution < -0.4 is 5.73 Å². The number of nitrogens with two attached hydrogens (primary N) is 1. The van der Waals surface area contributed by atoms with E-state index in [4.69, 9.17) is 5.73 Å². The Bertz CT molecular complexity index is 593. The van der Waals surface area contributed by atoms with E-state index in [1.165, 1.54) is 0 Å². The Morgan fingerprint density at radius 2 is 2.25 bits per heavy atom. The summed E-state index contributed by atoms with van der Waals surface area (Å²) in [5.41, 5.74) is 7.51. The quantitative estimate of drug-likeness (QED) is 0.803. The van der Waals surface area contributed by atoms with Crippen LogP contribution in [0.15, 0.2) is 24.3 Å². The molecule has 0 atom stereocenters. The number of aryl methyl sites for hydroxylation is 2. The van der Waals surface area contributed by atoms with E-state index in [1.54, 1.807) is 11.9 Å². The Kier molecular flexibility index (Phi) is 4.34. The Morgan fingerprint density at radius 3 is 2.90 bits per heavy atom. The van der Waals surface area contributed by atoms with Gasteiger partial charge < -0.3 is 10.6 Å². The lowest BCUT2D eigenvalue weighted by atomic mass is 10.1. The summed E-state index contributed by atoms with van der Waals surface area (Å²) in [5.74, 6) is 1.44. The van der Waals surface area contributed by atoms with Gasteiger partial charge in [-0.1, -0.05) is 12.1 Å². The number of nitrogens with zero attached hydrogens (tertiary/aromatic N) is 3. The van der Waals surface area contributed by atoms with Crippen LogP contribution in [0.5, 0.6) is 0 Å². The normalized spacial score (nSPS) is 10.5. The lowest BCUT2D eigenvalue weighted by molar-refractivity contribution is -0.130. The molecule has 2 rings (SSSR count). The predicted octanol–water partition coefficient (Wildman–Crippen LogP) is 1.29. The van der Waals surface area contributed by atoms with Crippen molar-refractivity contribution in [3.63, 3.8) is 0 Å². The Hall–Kier alpha value is -2.37. The second-order valence-corrected chi connectivity index (χ2v) is 4.83. The van der Waals surface area contributed by atoms with Gasteiger partial charge in [0.05, 0.1) is 6.54 Å². The molecule has 0 bridgehead atoms. The van der Waals surface area contributed by atoms with Crippen molar-refractivity contribution < 1.29 is 4.79 Å². The van der Waals surface area contributed by atoms with Crippen molar-refractivity contribution >= 4 is 11.6 Å². The first-order valence-corrected chi connectivity index (χ1v) is 6.51. The summed E-state index contributed by atoms with van der Waals surface area (Å²) < 4.78 is 0. The van der Waals surface area contributed by atoms with Crippen LogP contribution in [-0.4, -0.2) is 33.0 Å². The first kappa shape index (κ1) is 14.0. The second kappa shape index (κ2) is 6.18. The number of carbonyl (C=O) groups is 1. The molecule has 0 aliphatic carbocycles. The number of H-pyrrole nitrogens is 1. The molecule has 6 heteroatoms.